The SMILES string of the molecule is COc1ccc(NS(=O)(=O)c2ccc3c(c2)CCCC(=O)N3)cn1. The molecule has 24 heavy (non-hydrogen) atoms. The average molecular weight is 347 g/mol. The summed E-state index contributed by atoms with van der Waals surface area (Å²) in [5.41, 5.74) is 1.83. The quantitative estimate of drug-likeness (QED) is 0.883. The number of amides is 1. The van der Waals surface area contributed by atoms with E-state index in [1.54, 1.807) is 24.3 Å². The van der Waals surface area contributed by atoms with Crippen LogP contribution in [0.15, 0.2) is 41.4 Å². The van der Waals surface area contributed by atoms with Gasteiger partial charge in [-0.2, -0.15) is 0 Å². The molecule has 1 aromatic carbocycles. The summed E-state index contributed by atoms with van der Waals surface area (Å²) in [6.45, 7) is 0. The predicted octanol–water partition coefficient (Wildman–Crippen LogP) is 2.17. The molecule has 126 valence electrons. The van der Waals surface area contributed by atoms with Gasteiger partial charge in [0.15, 0.2) is 0 Å². The second kappa shape index (κ2) is 6.48. The van der Waals surface area contributed by atoms with E-state index in [1.807, 2.05) is 0 Å². The number of methoxy groups -OCH3 is 1. The summed E-state index contributed by atoms with van der Waals surface area (Å²) >= 11 is 0. The maximum Gasteiger partial charge on any atom is 0.261 e. The number of rotatable bonds is 4. The van der Waals surface area contributed by atoms with E-state index in [-0.39, 0.29) is 10.8 Å². The number of carbonyl (C=O) groups is 1. The number of carbonyl (C=O) groups excluding carboxylic acids is 1. The fourth-order valence-electron chi connectivity index (χ4n) is 2.49. The number of ether oxygens (including phenoxy) is 1. The lowest BCUT2D eigenvalue weighted by atomic mass is 10.1. The average Bonchev–Trinajstić information content (AvgIpc) is 2.75. The van der Waals surface area contributed by atoms with E-state index in [0.29, 0.717) is 36.5 Å². The molecule has 0 aliphatic carbocycles. The van der Waals surface area contributed by atoms with Crippen LogP contribution in [0.1, 0.15) is 18.4 Å². The molecular weight excluding hydrogens is 330 g/mol. The van der Waals surface area contributed by atoms with E-state index in [1.165, 1.54) is 19.4 Å². The Labute approximate surface area is 140 Å². The summed E-state index contributed by atoms with van der Waals surface area (Å²) in [5.74, 6) is 0.352. The van der Waals surface area contributed by atoms with E-state index in [0.717, 1.165) is 5.56 Å². The van der Waals surface area contributed by atoms with Crippen molar-refractivity contribution in [3.8, 4) is 5.88 Å². The van der Waals surface area contributed by atoms with Crippen molar-refractivity contribution in [1.82, 2.24) is 4.98 Å². The number of hydrogen-bond donors (Lipinski definition) is 2. The van der Waals surface area contributed by atoms with Gasteiger partial charge in [0, 0.05) is 18.2 Å². The second-order valence-corrected chi connectivity index (χ2v) is 7.10. The van der Waals surface area contributed by atoms with Crippen molar-refractivity contribution >= 4 is 27.3 Å². The Bertz CT molecular complexity index is 863. The molecule has 2 aromatic rings. The van der Waals surface area contributed by atoms with Crippen molar-refractivity contribution in [3.05, 3.63) is 42.1 Å². The number of nitrogens with zero attached hydrogens (tertiary/aromatic N) is 1. The van der Waals surface area contributed by atoms with Gasteiger partial charge in [-0.1, -0.05) is 0 Å². The zero-order valence-corrected chi connectivity index (χ0v) is 13.9. The first-order valence-corrected chi connectivity index (χ1v) is 8.92. The minimum atomic E-state index is -3.74. The normalized spacial score (nSPS) is 14.3. The van der Waals surface area contributed by atoms with Crippen LogP contribution in [0.4, 0.5) is 11.4 Å². The number of sulfonamides is 1. The highest BCUT2D eigenvalue weighted by molar-refractivity contribution is 7.92. The molecule has 0 unspecified atom stereocenters. The molecule has 0 bridgehead atoms. The largest absolute Gasteiger partial charge is 0.481 e. The smallest absolute Gasteiger partial charge is 0.261 e. The topological polar surface area (TPSA) is 97.4 Å². The molecule has 0 saturated heterocycles. The number of fused-ring (bicyclic) bond motifs is 1. The van der Waals surface area contributed by atoms with Crippen LogP contribution in [0, 0.1) is 0 Å². The Morgan fingerprint density at radius 1 is 1.21 bits per heavy atom. The number of benzene rings is 1. The lowest BCUT2D eigenvalue weighted by Crippen LogP contribution is -2.14. The molecule has 0 saturated carbocycles. The zero-order chi connectivity index (χ0) is 17.2. The molecule has 0 atom stereocenters. The molecule has 7 nitrogen and oxygen atoms in total. The lowest BCUT2D eigenvalue weighted by molar-refractivity contribution is -0.116. The highest BCUT2D eigenvalue weighted by Crippen LogP contribution is 2.26. The van der Waals surface area contributed by atoms with E-state index in [9.17, 15) is 13.2 Å². The molecule has 1 aliphatic rings. The number of aryl methyl sites for hydroxylation is 1. The number of aromatic nitrogens is 1. The van der Waals surface area contributed by atoms with Gasteiger partial charge in [0.25, 0.3) is 10.0 Å². The van der Waals surface area contributed by atoms with Crippen LogP contribution >= 0.6 is 0 Å². The number of pyridine rings is 1. The Morgan fingerprint density at radius 2 is 2.04 bits per heavy atom. The summed E-state index contributed by atoms with van der Waals surface area (Å²) in [7, 11) is -2.25. The molecule has 2 N–H and O–H groups in total. The molecule has 1 aliphatic heterocycles. The highest BCUT2D eigenvalue weighted by Gasteiger charge is 2.19. The molecule has 0 spiro atoms. The third-order valence-corrected chi connectivity index (χ3v) is 5.09. The van der Waals surface area contributed by atoms with Gasteiger partial charge in [-0.3, -0.25) is 9.52 Å². The minimum absolute atomic E-state index is 0.0493. The maximum absolute atomic E-state index is 12.5. The van der Waals surface area contributed by atoms with Crippen LogP contribution in [0.2, 0.25) is 0 Å². The van der Waals surface area contributed by atoms with E-state index in [4.69, 9.17) is 4.74 Å². The summed E-state index contributed by atoms with van der Waals surface area (Å²) in [6, 6.07) is 7.85. The summed E-state index contributed by atoms with van der Waals surface area (Å²) in [4.78, 5) is 15.7. The van der Waals surface area contributed by atoms with Gasteiger partial charge in [-0.15, -0.1) is 0 Å². The van der Waals surface area contributed by atoms with Crippen LogP contribution in [0.3, 0.4) is 0 Å². The van der Waals surface area contributed by atoms with Gasteiger partial charge < -0.3 is 10.1 Å². The van der Waals surface area contributed by atoms with Crippen molar-refractivity contribution in [2.75, 3.05) is 17.1 Å². The van der Waals surface area contributed by atoms with Gasteiger partial charge in [-0.25, -0.2) is 13.4 Å². The number of anilines is 2. The lowest BCUT2D eigenvalue weighted by Gasteiger charge is -2.11. The molecule has 1 aromatic heterocycles. The maximum atomic E-state index is 12.5. The van der Waals surface area contributed by atoms with E-state index >= 15 is 0 Å². The Balaban J connectivity index is 1.86. The first-order chi connectivity index (χ1) is 11.5. The van der Waals surface area contributed by atoms with Crippen molar-refractivity contribution in [2.24, 2.45) is 0 Å². The van der Waals surface area contributed by atoms with Gasteiger partial charge in [0.05, 0.1) is 23.9 Å². The van der Waals surface area contributed by atoms with Gasteiger partial charge in [0.2, 0.25) is 11.8 Å². The second-order valence-electron chi connectivity index (χ2n) is 5.42. The van der Waals surface area contributed by atoms with Crippen LogP contribution in [-0.2, 0) is 21.2 Å². The molecule has 3 rings (SSSR count). The Hall–Kier alpha value is -2.61. The zero-order valence-electron chi connectivity index (χ0n) is 13.1. The standard InChI is InChI=1S/C16H17N3O4S/c1-23-16-8-5-12(10-17-16)19-24(21,22)13-6-7-14-11(9-13)3-2-4-15(20)18-14/h5-10,19H,2-4H2,1H3,(H,18,20). The third-order valence-electron chi connectivity index (χ3n) is 3.71. The van der Waals surface area contributed by atoms with Gasteiger partial charge in [0.1, 0.15) is 0 Å². The predicted molar refractivity (Wildman–Crippen MR) is 89.6 cm³/mol. The number of nitrogens with one attached hydrogen (secondary N) is 2. The number of hydrogen-bond acceptors (Lipinski definition) is 5. The molecular formula is C16H17N3O4S. The van der Waals surface area contributed by atoms with Crippen molar-refractivity contribution in [2.45, 2.75) is 24.2 Å². The summed E-state index contributed by atoms with van der Waals surface area (Å²) in [6.07, 6.45) is 3.17. The monoisotopic (exact) mass is 347 g/mol. The fourth-order valence-corrected chi connectivity index (χ4v) is 3.59. The molecule has 1 amide bonds. The molecule has 2 heterocycles. The van der Waals surface area contributed by atoms with Crippen LogP contribution in [0.5, 0.6) is 5.88 Å². The first-order valence-electron chi connectivity index (χ1n) is 7.43. The van der Waals surface area contributed by atoms with Gasteiger partial charge >= 0.3 is 0 Å². The van der Waals surface area contributed by atoms with Crippen LogP contribution in [-0.4, -0.2) is 26.4 Å². The van der Waals surface area contributed by atoms with Gasteiger partial charge in [-0.05, 0) is 42.7 Å². The first kappa shape index (κ1) is 16.3. The van der Waals surface area contributed by atoms with Crippen molar-refractivity contribution < 1.29 is 17.9 Å². The summed E-state index contributed by atoms with van der Waals surface area (Å²) < 4.78 is 32.5. The molecule has 0 radical (unpaired) electrons. The highest BCUT2D eigenvalue weighted by atomic mass is 32.2. The summed E-state index contributed by atoms with van der Waals surface area (Å²) in [5, 5.41) is 2.79. The Morgan fingerprint density at radius 3 is 2.75 bits per heavy atom. The van der Waals surface area contributed by atoms with Crippen LogP contribution < -0.4 is 14.8 Å². The van der Waals surface area contributed by atoms with Crippen molar-refractivity contribution in [3.63, 3.8) is 0 Å². The fraction of sp³-hybridized carbons (Fsp3) is 0.250. The third kappa shape index (κ3) is 3.48. The van der Waals surface area contributed by atoms with Crippen LogP contribution in [0.25, 0.3) is 0 Å². The minimum Gasteiger partial charge on any atom is -0.481 e. The Kier molecular flexibility index (Phi) is 4.39. The van der Waals surface area contributed by atoms with E-state index < -0.39 is 10.0 Å². The molecule has 0 fully saturated rings. The van der Waals surface area contributed by atoms with Crippen molar-refractivity contribution in [1.29, 1.82) is 0 Å². The molecule has 8 heteroatoms. The van der Waals surface area contributed by atoms with E-state index in [2.05, 4.69) is 15.0 Å².